The highest BCUT2D eigenvalue weighted by molar-refractivity contribution is 5.99. The molecule has 0 atom stereocenters. The molecular weight excluding hydrogens is 466 g/mol. The Balaban J connectivity index is 0.000000341. The van der Waals surface area contributed by atoms with E-state index in [4.69, 9.17) is 10.5 Å². The molecule has 0 aliphatic rings. The van der Waals surface area contributed by atoms with Crippen LogP contribution in [0.15, 0.2) is 59.5 Å². The van der Waals surface area contributed by atoms with Gasteiger partial charge in [-0.3, -0.25) is 19.6 Å². The van der Waals surface area contributed by atoms with E-state index in [9.17, 15) is 9.59 Å². The number of benzene rings is 2. The maximum absolute atomic E-state index is 11.9. The molecule has 0 saturated carbocycles. The topological polar surface area (TPSA) is 119 Å². The van der Waals surface area contributed by atoms with Crippen LogP contribution < -0.4 is 21.1 Å². The van der Waals surface area contributed by atoms with Crippen LogP contribution in [0.25, 0.3) is 10.9 Å². The lowest BCUT2D eigenvalue weighted by molar-refractivity contribution is -0.108. The van der Waals surface area contributed by atoms with Gasteiger partial charge in [0.25, 0.3) is 5.91 Å². The maximum atomic E-state index is 11.9. The highest BCUT2D eigenvalue weighted by Gasteiger charge is 2.12. The van der Waals surface area contributed by atoms with Crippen molar-refractivity contribution >= 4 is 29.4 Å². The van der Waals surface area contributed by atoms with E-state index in [1.54, 1.807) is 19.3 Å². The van der Waals surface area contributed by atoms with Gasteiger partial charge in [-0.05, 0) is 82.0 Å². The number of nitrogens with two attached hydrogens (primary N) is 1. The molecule has 2 aromatic carbocycles. The first-order valence-electron chi connectivity index (χ1n) is 12.1. The number of allylic oxidation sites excluding steroid dienone is 1. The SMILES string of the molecule is CC(C)(C)N=C/C(=C\N)NC=O.CCc1cc(C)c(Oc2ccnc3ccc(C(=O)NC)cc23)c(C)c1. The average molecular weight is 504 g/mol. The third kappa shape index (κ3) is 8.45. The van der Waals surface area contributed by atoms with Crippen molar-refractivity contribution in [2.24, 2.45) is 10.7 Å². The van der Waals surface area contributed by atoms with Crippen molar-refractivity contribution in [2.75, 3.05) is 7.05 Å². The van der Waals surface area contributed by atoms with Crippen LogP contribution in [0.3, 0.4) is 0 Å². The van der Waals surface area contributed by atoms with Gasteiger partial charge in [0, 0.05) is 36.6 Å². The summed E-state index contributed by atoms with van der Waals surface area (Å²) in [6.45, 7) is 12.1. The number of carbonyl (C=O) groups is 2. The number of aromatic nitrogens is 1. The fraction of sp³-hybridized carbons (Fsp3) is 0.310. The summed E-state index contributed by atoms with van der Waals surface area (Å²) >= 11 is 0. The summed E-state index contributed by atoms with van der Waals surface area (Å²) in [5, 5.41) is 5.88. The predicted octanol–water partition coefficient (Wildman–Crippen LogP) is 4.97. The number of hydrogen-bond donors (Lipinski definition) is 3. The molecule has 1 aromatic heterocycles. The van der Waals surface area contributed by atoms with Gasteiger partial charge in [0.05, 0.1) is 16.8 Å². The maximum Gasteiger partial charge on any atom is 0.251 e. The highest BCUT2D eigenvalue weighted by Crippen LogP contribution is 2.34. The number of rotatable bonds is 7. The van der Waals surface area contributed by atoms with Crippen LogP contribution in [0.1, 0.15) is 54.7 Å². The van der Waals surface area contributed by atoms with Crippen LogP contribution in [0.5, 0.6) is 11.5 Å². The average Bonchev–Trinajstić information content (AvgIpc) is 2.87. The van der Waals surface area contributed by atoms with Crippen LogP contribution in [-0.4, -0.2) is 36.1 Å². The van der Waals surface area contributed by atoms with Gasteiger partial charge in [-0.2, -0.15) is 0 Å². The zero-order valence-electron chi connectivity index (χ0n) is 22.7. The lowest BCUT2D eigenvalue weighted by atomic mass is 10.0. The molecule has 4 N–H and O–H groups in total. The number of amides is 2. The summed E-state index contributed by atoms with van der Waals surface area (Å²) < 4.78 is 6.25. The molecule has 0 aliphatic heterocycles. The molecule has 3 rings (SSSR count). The molecular formula is C29H37N5O3. The molecule has 8 heteroatoms. The van der Waals surface area contributed by atoms with Crippen molar-refractivity contribution in [1.29, 1.82) is 0 Å². The second kappa shape index (κ2) is 13.2. The first-order valence-corrected chi connectivity index (χ1v) is 12.1. The van der Waals surface area contributed by atoms with Gasteiger partial charge >= 0.3 is 0 Å². The van der Waals surface area contributed by atoms with Gasteiger partial charge in [0.2, 0.25) is 6.41 Å². The first-order chi connectivity index (χ1) is 17.5. The van der Waals surface area contributed by atoms with E-state index < -0.39 is 0 Å². The molecule has 0 saturated heterocycles. The Hall–Kier alpha value is -4.20. The predicted molar refractivity (Wildman–Crippen MR) is 150 cm³/mol. The van der Waals surface area contributed by atoms with Crippen molar-refractivity contribution < 1.29 is 14.3 Å². The second-order valence-electron chi connectivity index (χ2n) is 9.45. The van der Waals surface area contributed by atoms with E-state index in [1.807, 2.05) is 39.0 Å². The molecule has 0 radical (unpaired) electrons. The van der Waals surface area contributed by atoms with Gasteiger partial charge in [-0.15, -0.1) is 0 Å². The molecule has 1 heterocycles. The van der Waals surface area contributed by atoms with E-state index in [0.29, 0.717) is 23.4 Å². The number of ether oxygens (including phenoxy) is 1. The van der Waals surface area contributed by atoms with Gasteiger partial charge in [-0.25, -0.2) is 0 Å². The molecule has 3 aromatic rings. The molecule has 196 valence electrons. The molecule has 0 unspecified atom stereocenters. The van der Waals surface area contributed by atoms with E-state index in [1.165, 1.54) is 18.0 Å². The third-order valence-electron chi connectivity index (χ3n) is 5.33. The summed E-state index contributed by atoms with van der Waals surface area (Å²) in [6, 6.07) is 11.6. The fourth-order valence-electron chi connectivity index (χ4n) is 3.47. The molecule has 0 aliphatic carbocycles. The summed E-state index contributed by atoms with van der Waals surface area (Å²) in [5.74, 6) is 1.43. The molecule has 37 heavy (non-hydrogen) atoms. The fourth-order valence-corrected chi connectivity index (χ4v) is 3.47. The Bertz CT molecular complexity index is 1280. The monoisotopic (exact) mass is 503 g/mol. The van der Waals surface area contributed by atoms with Crippen molar-refractivity contribution in [2.45, 2.75) is 53.5 Å². The Morgan fingerprint density at radius 1 is 1.14 bits per heavy atom. The van der Waals surface area contributed by atoms with Crippen molar-refractivity contribution in [3.8, 4) is 11.5 Å². The van der Waals surface area contributed by atoms with Crippen molar-refractivity contribution in [1.82, 2.24) is 15.6 Å². The number of fused-ring (bicyclic) bond motifs is 1. The van der Waals surface area contributed by atoms with Crippen LogP contribution in [0.2, 0.25) is 0 Å². The minimum atomic E-state index is -0.154. The van der Waals surface area contributed by atoms with Gasteiger partial charge < -0.3 is 21.1 Å². The lowest BCUT2D eigenvalue weighted by Gasteiger charge is -2.15. The summed E-state index contributed by atoms with van der Waals surface area (Å²) in [5.41, 5.74) is 10.4. The molecule has 0 bridgehead atoms. The summed E-state index contributed by atoms with van der Waals surface area (Å²) in [6.07, 6.45) is 6.11. The lowest BCUT2D eigenvalue weighted by Crippen LogP contribution is -2.17. The van der Waals surface area contributed by atoms with Crippen LogP contribution >= 0.6 is 0 Å². The minimum Gasteiger partial charge on any atom is -0.456 e. The van der Waals surface area contributed by atoms with E-state index in [-0.39, 0.29) is 11.4 Å². The smallest absolute Gasteiger partial charge is 0.251 e. The number of aliphatic imine (C=N–C) groups is 1. The number of pyridine rings is 1. The zero-order chi connectivity index (χ0) is 27.6. The van der Waals surface area contributed by atoms with Crippen molar-refractivity contribution in [3.05, 3.63) is 76.7 Å². The number of aryl methyl sites for hydroxylation is 3. The first kappa shape index (κ1) is 29.0. The molecule has 0 spiro atoms. The second-order valence-corrected chi connectivity index (χ2v) is 9.45. The van der Waals surface area contributed by atoms with Crippen molar-refractivity contribution in [3.63, 3.8) is 0 Å². The largest absolute Gasteiger partial charge is 0.456 e. The van der Waals surface area contributed by atoms with Crippen LogP contribution in [0, 0.1) is 13.8 Å². The van der Waals surface area contributed by atoms with E-state index >= 15 is 0 Å². The normalized spacial score (nSPS) is 11.6. The highest BCUT2D eigenvalue weighted by atomic mass is 16.5. The summed E-state index contributed by atoms with van der Waals surface area (Å²) in [4.78, 5) is 30.5. The summed E-state index contributed by atoms with van der Waals surface area (Å²) in [7, 11) is 1.62. The van der Waals surface area contributed by atoms with E-state index in [2.05, 4.69) is 53.5 Å². The number of nitrogens with one attached hydrogen (secondary N) is 2. The van der Waals surface area contributed by atoms with Crippen LogP contribution in [-0.2, 0) is 11.2 Å². The Kier molecular flexibility index (Phi) is 10.4. The Labute approximate surface area is 219 Å². The zero-order valence-corrected chi connectivity index (χ0v) is 22.7. The van der Waals surface area contributed by atoms with Gasteiger partial charge in [0.15, 0.2) is 0 Å². The van der Waals surface area contributed by atoms with E-state index in [0.717, 1.165) is 34.2 Å². The minimum absolute atomic E-state index is 0.128. The third-order valence-corrected chi connectivity index (χ3v) is 5.33. The van der Waals surface area contributed by atoms with Gasteiger partial charge in [0.1, 0.15) is 11.5 Å². The molecule has 2 amide bonds. The van der Waals surface area contributed by atoms with Crippen LogP contribution in [0.4, 0.5) is 0 Å². The Morgan fingerprint density at radius 3 is 2.35 bits per heavy atom. The quantitative estimate of drug-likeness (QED) is 0.311. The number of hydrogen-bond acceptors (Lipinski definition) is 6. The van der Waals surface area contributed by atoms with Gasteiger partial charge in [-0.1, -0.05) is 19.1 Å². The standard InChI is InChI=1S/C21H22N2O2.C8H15N3O/c1-5-15-10-13(2)20(14(3)11-15)25-19-8-9-23-18-7-6-16(12-17(18)19)21(24)22-4;1-8(2,3)11-5-7(4-9)10-6-12/h6-12H,5H2,1-4H3,(H,22,24);4-6H,9H2,1-3H3,(H,10,12)/b;7-4+,11-5?. The number of carbonyl (C=O) groups excluding carboxylic acids is 2. The molecule has 8 nitrogen and oxygen atoms in total. The number of nitrogens with zero attached hydrogens (tertiary/aromatic N) is 2. The Morgan fingerprint density at radius 2 is 1.81 bits per heavy atom. The molecule has 0 fully saturated rings.